The van der Waals surface area contributed by atoms with E-state index >= 15 is 0 Å². The lowest BCUT2D eigenvalue weighted by molar-refractivity contribution is 0.262. The van der Waals surface area contributed by atoms with Gasteiger partial charge in [-0.2, -0.15) is 0 Å². The lowest BCUT2D eigenvalue weighted by Gasteiger charge is -2.00. The summed E-state index contributed by atoms with van der Waals surface area (Å²) < 4.78 is 5.21. The number of ether oxygens (including phenoxy) is 1. The first-order valence-electron chi connectivity index (χ1n) is 3.47. The van der Waals surface area contributed by atoms with E-state index in [0.717, 1.165) is 11.3 Å². The van der Waals surface area contributed by atoms with E-state index in [9.17, 15) is 0 Å². The van der Waals surface area contributed by atoms with Crippen LogP contribution in [0, 0.1) is 0 Å². The number of hydrogen-bond acceptors (Lipinski definition) is 1. The largest absolute Gasteiger partial charge is 0.481 e. The number of hydrogen-bond donors (Lipinski definition) is 0. The van der Waals surface area contributed by atoms with Crippen molar-refractivity contribution in [3.05, 3.63) is 47.6 Å². The van der Waals surface area contributed by atoms with Gasteiger partial charge in [-0.15, -0.1) is 0 Å². The topological polar surface area (TPSA) is 9.23 Å². The summed E-state index contributed by atoms with van der Waals surface area (Å²) in [4.78, 5) is 0. The predicted octanol–water partition coefficient (Wildman–Crippen LogP) is 2.34. The maximum Gasteiger partial charge on any atom is 0.170 e. The van der Waals surface area contributed by atoms with Gasteiger partial charge in [-0.3, -0.25) is 0 Å². The third-order valence-electron chi connectivity index (χ3n) is 1.22. The molecule has 0 aromatic heterocycles. The molecule has 1 nitrogen and oxygen atoms in total. The molecule has 0 spiro atoms. The van der Waals surface area contributed by atoms with E-state index in [1.54, 1.807) is 6.08 Å². The van der Waals surface area contributed by atoms with Crippen LogP contribution in [0.4, 0.5) is 0 Å². The zero-order valence-electron chi connectivity index (χ0n) is 6.55. The lowest BCUT2D eigenvalue weighted by atomic mass is 10.2. The van der Waals surface area contributed by atoms with Gasteiger partial charge in [0.1, 0.15) is 6.61 Å². The second kappa shape index (κ2) is 3.68. The van der Waals surface area contributed by atoms with Crippen LogP contribution in [0.3, 0.4) is 0 Å². The Kier molecular flexibility index (Phi) is 2.57. The van der Waals surface area contributed by atoms with E-state index in [1.807, 2.05) is 19.1 Å². The Bertz CT molecular complexity index is 282. The third kappa shape index (κ3) is 2.35. The number of allylic oxidation sites excluding steroid dienone is 3. The maximum atomic E-state index is 5.21. The van der Waals surface area contributed by atoms with Crippen LogP contribution in [0.5, 0.6) is 0 Å². The summed E-state index contributed by atoms with van der Waals surface area (Å²) in [6, 6.07) is 0. The Balaban J connectivity index is 2.68. The van der Waals surface area contributed by atoms with E-state index in [4.69, 9.17) is 4.74 Å². The third-order valence-corrected chi connectivity index (χ3v) is 1.22. The highest BCUT2D eigenvalue weighted by atomic mass is 16.5. The van der Waals surface area contributed by atoms with Crippen LogP contribution in [0.25, 0.3) is 0 Å². The molecule has 1 aliphatic carbocycles. The van der Waals surface area contributed by atoms with Crippen molar-refractivity contribution in [2.24, 2.45) is 0 Å². The second-order valence-electron chi connectivity index (χ2n) is 2.23. The molecule has 0 aromatic carbocycles. The first kappa shape index (κ1) is 7.68. The van der Waals surface area contributed by atoms with E-state index in [2.05, 4.69) is 18.0 Å². The van der Waals surface area contributed by atoms with Crippen molar-refractivity contribution >= 4 is 0 Å². The van der Waals surface area contributed by atoms with E-state index in [0.29, 0.717) is 6.61 Å². The normalized spacial score (nSPS) is 13.9. The van der Waals surface area contributed by atoms with Gasteiger partial charge < -0.3 is 4.74 Å². The van der Waals surface area contributed by atoms with Crippen molar-refractivity contribution in [3.8, 4) is 0 Å². The van der Waals surface area contributed by atoms with Gasteiger partial charge in [-0.1, -0.05) is 18.4 Å². The van der Waals surface area contributed by atoms with Crippen LogP contribution in [-0.4, -0.2) is 6.61 Å². The molecule has 1 aliphatic rings. The minimum atomic E-state index is 0.521. The molecule has 0 heterocycles. The van der Waals surface area contributed by atoms with Gasteiger partial charge in [0.2, 0.25) is 0 Å². The van der Waals surface area contributed by atoms with Crippen LogP contribution in [0.1, 0.15) is 6.92 Å². The molecule has 1 heteroatoms. The van der Waals surface area contributed by atoms with Crippen LogP contribution in [-0.2, 0) is 4.74 Å². The SMILES string of the molecule is C=CCOC1=C=C=C(C)C=C1. The zero-order chi connectivity index (χ0) is 8.10. The van der Waals surface area contributed by atoms with Gasteiger partial charge in [0, 0.05) is 0 Å². The number of rotatable bonds is 3. The van der Waals surface area contributed by atoms with Crippen LogP contribution < -0.4 is 0 Å². The fraction of sp³-hybridized carbons (Fsp3) is 0.200. The highest BCUT2D eigenvalue weighted by Crippen LogP contribution is 2.04. The first-order valence-corrected chi connectivity index (χ1v) is 3.47. The highest BCUT2D eigenvalue weighted by molar-refractivity contribution is 5.27. The van der Waals surface area contributed by atoms with Crippen molar-refractivity contribution in [3.63, 3.8) is 0 Å². The molecule has 0 amide bonds. The quantitative estimate of drug-likeness (QED) is 0.438. The Labute approximate surface area is 66.7 Å². The molecule has 0 bridgehead atoms. The van der Waals surface area contributed by atoms with Crippen molar-refractivity contribution in [2.75, 3.05) is 6.61 Å². The molecular weight excluding hydrogens is 136 g/mol. The summed E-state index contributed by atoms with van der Waals surface area (Å²) in [7, 11) is 0. The summed E-state index contributed by atoms with van der Waals surface area (Å²) in [5, 5.41) is 0. The van der Waals surface area contributed by atoms with Gasteiger partial charge in [0.25, 0.3) is 0 Å². The standard InChI is InChI=1S/C10H10O/c1-3-8-11-10-6-4-9(2)5-7-10/h3-4,6H,1,8H2,2H3. The van der Waals surface area contributed by atoms with Crippen LogP contribution in [0.15, 0.2) is 47.6 Å². The molecule has 1 rings (SSSR count). The van der Waals surface area contributed by atoms with Gasteiger partial charge in [-0.05, 0) is 30.4 Å². The molecule has 0 atom stereocenters. The molecule has 0 saturated heterocycles. The minimum Gasteiger partial charge on any atom is -0.481 e. The minimum absolute atomic E-state index is 0.521. The monoisotopic (exact) mass is 146 g/mol. The molecule has 0 N–H and O–H groups in total. The Hall–Kier alpha value is -1.42. The van der Waals surface area contributed by atoms with Gasteiger partial charge in [-0.25, -0.2) is 0 Å². The Morgan fingerprint density at radius 3 is 2.91 bits per heavy atom. The summed E-state index contributed by atoms with van der Waals surface area (Å²) >= 11 is 0. The average molecular weight is 146 g/mol. The summed E-state index contributed by atoms with van der Waals surface area (Å²) in [5.74, 6) is 0.718. The Morgan fingerprint density at radius 2 is 2.36 bits per heavy atom. The van der Waals surface area contributed by atoms with E-state index in [1.165, 1.54) is 0 Å². The van der Waals surface area contributed by atoms with Crippen molar-refractivity contribution in [1.29, 1.82) is 0 Å². The molecule has 11 heavy (non-hydrogen) atoms. The van der Waals surface area contributed by atoms with Gasteiger partial charge >= 0.3 is 0 Å². The zero-order valence-corrected chi connectivity index (χ0v) is 6.55. The fourth-order valence-electron chi connectivity index (χ4n) is 0.677. The van der Waals surface area contributed by atoms with Crippen LogP contribution in [0.2, 0.25) is 0 Å². The summed E-state index contributed by atoms with van der Waals surface area (Å²) in [6.07, 6.45) is 5.51. The fourth-order valence-corrected chi connectivity index (χ4v) is 0.677. The summed E-state index contributed by atoms with van der Waals surface area (Å²) in [6.45, 7) is 6.03. The highest BCUT2D eigenvalue weighted by Gasteiger charge is 1.92. The average Bonchev–Trinajstić information content (AvgIpc) is 2.04. The van der Waals surface area contributed by atoms with Gasteiger partial charge in [0.05, 0.1) is 0 Å². The second-order valence-corrected chi connectivity index (χ2v) is 2.23. The molecule has 0 radical (unpaired) electrons. The van der Waals surface area contributed by atoms with Crippen molar-refractivity contribution in [2.45, 2.75) is 6.92 Å². The van der Waals surface area contributed by atoms with Crippen LogP contribution >= 0.6 is 0 Å². The molecule has 0 aromatic rings. The smallest absolute Gasteiger partial charge is 0.170 e. The maximum absolute atomic E-state index is 5.21. The molecule has 56 valence electrons. The lowest BCUT2D eigenvalue weighted by Crippen LogP contribution is -1.88. The molecule has 0 unspecified atom stereocenters. The van der Waals surface area contributed by atoms with Crippen molar-refractivity contribution in [1.82, 2.24) is 0 Å². The van der Waals surface area contributed by atoms with E-state index < -0.39 is 0 Å². The predicted molar refractivity (Wildman–Crippen MR) is 45.0 cm³/mol. The Morgan fingerprint density at radius 1 is 1.55 bits per heavy atom. The molecule has 0 fully saturated rings. The van der Waals surface area contributed by atoms with E-state index in [-0.39, 0.29) is 0 Å². The van der Waals surface area contributed by atoms with Crippen molar-refractivity contribution < 1.29 is 4.74 Å². The first-order chi connectivity index (χ1) is 5.33. The molecular formula is C10H10O. The molecule has 0 aliphatic heterocycles. The molecule has 0 saturated carbocycles. The van der Waals surface area contributed by atoms with Gasteiger partial charge in [0.15, 0.2) is 5.76 Å². The summed E-state index contributed by atoms with van der Waals surface area (Å²) in [5.41, 5.74) is 6.87.